The van der Waals surface area contributed by atoms with E-state index < -0.39 is 11.6 Å². The number of hydrogen-bond donors (Lipinski definition) is 2. The summed E-state index contributed by atoms with van der Waals surface area (Å²) in [6, 6.07) is 5.04. The Bertz CT molecular complexity index is 651. The van der Waals surface area contributed by atoms with Crippen LogP contribution in [0, 0.1) is 18.6 Å². The van der Waals surface area contributed by atoms with Gasteiger partial charge >= 0.3 is 0 Å². The summed E-state index contributed by atoms with van der Waals surface area (Å²) in [5.74, 6) is -0.393. The molecule has 0 atom stereocenters. The highest BCUT2D eigenvalue weighted by Gasteiger charge is 2.13. The summed E-state index contributed by atoms with van der Waals surface area (Å²) in [5.41, 5.74) is 0.713. The lowest BCUT2D eigenvalue weighted by molar-refractivity contribution is 0.586. The van der Waals surface area contributed by atoms with Crippen molar-refractivity contribution in [3.05, 3.63) is 41.6 Å². The van der Waals surface area contributed by atoms with Gasteiger partial charge in [0.2, 0.25) is 5.95 Å². The number of nitrogens with zero attached hydrogens (tertiary/aromatic N) is 2. The minimum atomic E-state index is -0.670. The number of anilines is 3. The second-order valence-electron chi connectivity index (χ2n) is 5.84. The first kappa shape index (κ1) is 15.2. The number of aryl methyl sites for hydroxylation is 1. The highest BCUT2D eigenvalue weighted by Crippen LogP contribution is 2.21. The van der Waals surface area contributed by atoms with Crippen LogP contribution in [0.1, 0.15) is 26.5 Å². The summed E-state index contributed by atoms with van der Waals surface area (Å²) in [4.78, 5) is 8.57. The Morgan fingerprint density at radius 3 is 2.38 bits per heavy atom. The molecular weight excluding hydrogens is 274 g/mol. The molecule has 21 heavy (non-hydrogen) atoms. The van der Waals surface area contributed by atoms with Crippen LogP contribution in [0.25, 0.3) is 0 Å². The summed E-state index contributed by atoms with van der Waals surface area (Å²) in [7, 11) is 0. The third kappa shape index (κ3) is 4.37. The number of nitrogens with one attached hydrogen (secondary N) is 2. The lowest BCUT2D eigenvalue weighted by Gasteiger charge is -2.21. The van der Waals surface area contributed by atoms with Crippen LogP contribution < -0.4 is 10.6 Å². The average Bonchev–Trinajstić information content (AvgIpc) is 2.29. The monoisotopic (exact) mass is 292 g/mol. The van der Waals surface area contributed by atoms with E-state index in [4.69, 9.17) is 0 Å². The molecule has 0 aliphatic carbocycles. The molecule has 0 amide bonds. The normalized spacial score (nSPS) is 11.3. The minimum Gasteiger partial charge on any atom is -0.350 e. The molecule has 0 aliphatic heterocycles. The highest BCUT2D eigenvalue weighted by atomic mass is 19.1. The fraction of sp³-hybridized carbons (Fsp3) is 0.333. The Hall–Kier alpha value is -2.24. The van der Waals surface area contributed by atoms with Gasteiger partial charge in [-0.3, -0.25) is 0 Å². The second kappa shape index (κ2) is 5.63. The first-order valence-corrected chi connectivity index (χ1v) is 6.59. The summed E-state index contributed by atoms with van der Waals surface area (Å²) >= 11 is 0. The Balaban J connectivity index is 2.27. The first-order valence-electron chi connectivity index (χ1n) is 6.59. The van der Waals surface area contributed by atoms with Crippen molar-refractivity contribution in [2.24, 2.45) is 0 Å². The van der Waals surface area contributed by atoms with E-state index in [0.29, 0.717) is 11.8 Å². The van der Waals surface area contributed by atoms with Crippen LogP contribution in [0.4, 0.5) is 26.2 Å². The van der Waals surface area contributed by atoms with E-state index in [2.05, 4.69) is 20.6 Å². The van der Waals surface area contributed by atoms with E-state index in [-0.39, 0.29) is 11.2 Å². The Kier molecular flexibility index (Phi) is 4.06. The summed E-state index contributed by atoms with van der Waals surface area (Å²) < 4.78 is 26.5. The third-order valence-corrected chi connectivity index (χ3v) is 2.53. The predicted molar refractivity (Wildman–Crippen MR) is 79.8 cm³/mol. The van der Waals surface area contributed by atoms with E-state index in [1.807, 2.05) is 27.7 Å². The molecule has 0 unspecified atom stereocenters. The average molecular weight is 292 g/mol. The van der Waals surface area contributed by atoms with E-state index in [1.54, 1.807) is 6.07 Å². The van der Waals surface area contributed by atoms with Gasteiger partial charge in [0.05, 0.1) is 5.69 Å². The molecule has 0 spiro atoms. The van der Waals surface area contributed by atoms with Crippen LogP contribution in [0.3, 0.4) is 0 Å². The molecule has 4 nitrogen and oxygen atoms in total. The SMILES string of the molecule is Cc1cc(Nc2ccc(F)cc2F)nc(NC(C)(C)C)n1. The fourth-order valence-electron chi connectivity index (χ4n) is 1.75. The van der Waals surface area contributed by atoms with Gasteiger partial charge < -0.3 is 10.6 Å². The molecule has 0 saturated carbocycles. The van der Waals surface area contributed by atoms with Gasteiger partial charge in [-0.15, -0.1) is 0 Å². The largest absolute Gasteiger partial charge is 0.350 e. The number of hydrogen-bond acceptors (Lipinski definition) is 4. The molecule has 1 aromatic heterocycles. The van der Waals surface area contributed by atoms with Crippen LogP contribution >= 0.6 is 0 Å². The molecule has 0 saturated heterocycles. The second-order valence-corrected chi connectivity index (χ2v) is 5.84. The van der Waals surface area contributed by atoms with Gasteiger partial charge in [0.1, 0.15) is 17.5 Å². The van der Waals surface area contributed by atoms with Crippen molar-refractivity contribution in [3.8, 4) is 0 Å². The quantitative estimate of drug-likeness (QED) is 0.897. The predicted octanol–water partition coefficient (Wildman–Crippen LogP) is 4.02. The highest BCUT2D eigenvalue weighted by molar-refractivity contribution is 5.58. The molecule has 2 N–H and O–H groups in total. The molecule has 1 heterocycles. The number of aromatic nitrogens is 2. The molecule has 112 valence electrons. The van der Waals surface area contributed by atoms with Gasteiger partial charge in [-0.25, -0.2) is 13.8 Å². The summed E-state index contributed by atoms with van der Waals surface area (Å²) in [6.45, 7) is 7.80. The van der Waals surface area contributed by atoms with Gasteiger partial charge in [0.15, 0.2) is 0 Å². The van der Waals surface area contributed by atoms with Gasteiger partial charge in [-0.1, -0.05) is 0 Å². The van der Waals surface area contributed by atoms with Crippen LogP contribution in [-0.4, -0.2) is 15.5 Å². The van der Waals surface area contributed by atoms with E-state index >= 15 is 0 Å². The maximum atomic E-state index is 13.6. The number of rotatable bonds is 3. The van der Waals surface area contributed by atoms with Crippen LogP contribution in [0.5, 0.6) is 0 Å². The summed E-state index contributed by atoms with van der Waals surface area (Å²) in [5, 5.41) is 5.99. The molecule has 6 heteroatoms. The standard InChI is InChI=1S/C15H18F2N4/c1-9-7-13(20-14(18-9)21-15(2,3)4)19-12-6-5-10(16)8-11(12)17/h5-8H,1-4H3,(H2,18,19,20,21). The molecule has 0 bridgehead atoms. The zero-order valence-corrected chi connectivity index (χ0v) is 12.5. The van der Waals surface area contributed by atoms with Crippen LogP contribution in [0.15, 0.2) is 24.3 Å². The third-order valence-electron chi connectivity index (χ3n) is 2.53. The van der Waals surface area contributed by atoms with E-state index in [1.165, 1.54) is 12.1 Å². The lowest BCUT2D eigenvalue weighted by Crippen LogP contribution is -2.27. The topological polar surface area (TPSA) is 49.8 Å². The lowest BCUT2D eigenvalue weighted by atomic mass is 10.1. The number of benzene rings is 1. The summed E-state index contributed by atoms with van der Waals surface area (Å²) in [6.07, 6.45) is 0. The Labute approximate surface area is 122 Å². The van der Waals surface area contributed by atoms with Crippen molar-refractivity contribution in [3.63, 3.8) is 0 Å². The molecule has 2 aromatic rings. The zero-order chi connectivity index (χ0) is 15.6. The van der Waals surface area contributed by atoms with Gasteiger partial charge in [-0.05, 0) is 39.8 Å². The van der Waals surface area contributed by atoms with Crippen LogP contribution in [0.2, 0.25) is 0 Å². The van der Waals surface area contributed by atoms with Crippen LogP contribution in [-0.2, 0) is 0 Å². The molecular formula is C15H18F2N4. The van der Waals surface area contributed by atoms with Crippen molar-refractivity contribution in [1.82, 2.24) is 9.97 Å². The Morgan fingerprint density at radius 1 is 1.05 bits per heavy atom. The van der Waals surface area contributed by atoms with E-state index in [9.17, 15) is 8.78 Å². The van der Waals surface area contributed by atoms with Crippen molar-refractivity contribution < 1.29 is 8.78 Å². The fourth-order valence-corrected chi connectivity index (χ4v) is 1.75. The van der Waals surface area contributed by atoms with E-state index in [0.717, 1.165) is 11.8 Å². The molecule has 0 radical (unpaired) electrons. The number of halogens is 2. The maximum absolute atomic E-state index is 13.6. The molecule has 2 rings (SSSR count). The van der Waals surface area contributed by atoms with Gasteiger partial charge in [0, 0.05) is 23.4 Å². The van der Waals surface area contributed by atoms with Crippen molar-refractivity contribution in [2.75, 3.05) is 10.6 Å². The molecule has 1 aromatic carbocycles. The molecule has 0 fully saturated rings. The zero-order valence-electron chi connectivity index (χ0n) is 12.5. The smallest absolute Gasteiger partial charge is 0.225 e. The maximum Gasteiger partial charge on any atom is 0.225 e. The van der Waals surface area contributed by atoms with Crippen molar-refractivity contribution in [1.29, 1.82) is 0 Å². The van der Waals surface area contributed by atoms with Gasteiger partial charge in [0.25, 0.3) is 0 Å². The minimum absolute atomic E-state index is 0.163. The van der Waals surface area contributed by atoms with Crippen molar-refractivity contribution >= 4 is 17.5 Å². The van der Waals surface area contributed by atoms with Gasteiger partial charge in [-0.2, -0.15) is 4.98 Å². The van der Waals surface area contributed by atoms with Crippen molar-refractivity contribution in [2.45, 2.75) is 33.2 Å². The Morgan fingerprint density at radius 2 is 1.76 bits per heavy atom. The molecule has 0 aliphatic rings. The first-order chi connectivity index (χ1) is 9.73.